The Kier molecular flexibility index (Phi) is 6.58. The Morgan fingerprint density at radius 2 is 2.00 bits per heavy atom. The van der Waals surface area contributed by atoms with Crippen molar-refractivity contribution in [2.24, 2.45) is 5.73 Å². The molecule has 0 fully saturated rings. The van der Waals surface area contributed by atoms with Crippen molar-refractivity contribution in [1.82, 2.24) is 0 Å². The van der Waals surface area contributed by atoms with Crippen molar-refractivity contribution in [3.63, 3.8) is 0 Å². The normalized spacial score (nSPS) is 14.4. The number of aryl methyl sites for hydroxylation is 2. The second kappa shape index (κ2) is 7.70. The van der Waals surface area contributed by atoms with E-state index in [0.29, 0.717) is 5.75 Å². The molecule has 0 saturated heterocycles. The predicted octanol–water partition coefficient (Wildman–Crippen LogP) is 3.24. The smallest absolute Gasteiger partial charge is 0.0428 e. The van der Waals surface area contributed by atoms with Crippen LogP contribution in [0.5, 0.6) is 0 Å². The highest BCUT2D eigenvalue weighted by Gasteiger charge is 2.12. The summed E-state index contributed by atoms with van der Waals surface area (Å²) >= 11 is 0. The first kappa shape index (κ1) is 15.4. The van der Waals surface area contributed by atoms with Gasteiger partial charge in [0, 0.05) is 28.3 Å². The number of hydrogen-bond acceptors (Lipinski definition) is 2. The molecule has 1 aromatic carbocycles. The zero-order valence-electron chi connectivity index (χ0n) is 11.7. The van der Waals surface area contributed by atoms with Gasteiger partial charge < -0.3 is 5.73 Å². The van der Waals surface area contributed by atoms with Gasteiger partial charge in [0.15, 0.2) is 0 Å². The Labute approximate surface area is 113 Å². The van der Waals surface area contributed by atoms with E-state index in [9.17, 15) is 4.21 Å². The highest BCUT2D eigenvalue weighted by molar-refractivity contribution is 7.85. The van der Waals surface area contributed by atoms with Crippen molar-refractivity contribution < 1.29 is 4.21 Å². The molecule has 2 N–H and O–H groups in total. The van der Waals surface area contributed by atoms with E-state index in [-0.39, 0.29) is 6.04 Å². The van der Waals surface area contributed by atoms with E-state index in [0.717, 1.165) is 24.2 Å². The van der Waals surface area contributed by atoms with Gasteiger partial charge in [0.2, 0.25) is 0 Å². The number of unbranched alkanes of at least 4 members (excludes halogenated alkanes) is 2. The average molecular weight is 267 g/mol. The highest BCUT2D eigenvalue weighted by atomic mass is 32.2. The molecule has 0 saturated carbocycles. The SMILES string of the molecule is CCCCCS(=O)CC(N)c1cc(C)ccc1C. The maximum Gasteiger partial charge on any atom is 0.0428 e. The summed E-state index contributed by atoms with van der Waals surface area (Å²) < 4.78 is 11.9. The Bertz CT molecular complexity index is 403. The molecule has 0 radical (unpaired) electrons. The van der Waals surface area contributed by atoms with Gasteiger partial charge in [-0.05, 0) is 31.4 Å². The standard InChI is InChI=1S/C15H25NOS/c1-4-5-6-9-18(17)11-15(16)14-10-12(2)7-8-13(14)3/h7-8,10,15H,4-6,9,11,16H2,1-3H3. The molecule has 0 aliphatic heterocycles. The van der Waals surface area contributed by atoms with Crippen molar-refractivity contribution in [2.75, 3.05) is 11.5 Å². The molecular formula is C15H25NOS. The maximum absolute atomic E-state index is 11.9. The van der Waals surface area contributed by atoms with Crippen molar-refractivity contribution in [3.8, 4) is 0 Å². The minimum absolute atomic E-state index is 0.104. The van der Waals surface area contributed by atoms with Gasteiger partial charge in [0.05, 0.1) is 0 Å². The van der Waals surface area contributed by atoms with Crippen LogP contribution in [0.3, 0.4) is 0 Å². The molecule has 0 aromatic heterocycles. The highest BCUT2D eigenvalue weighted by Crippen LogP contribution is 2.18. The zero-order chi connectivity index (χ0) is 13.5. The lowest BCUT2D eigenvalue weighted by molar-refractivity contribution is 0.668. The van der Waals surface area contributed by atoms with E-state index in [1.165, 1.54) is 17.5 Å². The first-order chi connectivity index (χ1) is 8.54. The molecule has 0 amide bonds. The molecule has 2 nitrogen and oxygen atoms in total. The lowest BCUT2D eigenvalue weighted by atomic mass is 10.0. The van der Waals surface area contributed by atoms with E-state index < -0.39 is 10.8 Å². The fourth-order valence-electron chi connectivity index (χ4n) is 2.05. The van der Waals surface area contributed by atoms with Crippen LogP contribution in [0.1, 0.15) is 48.9 Å². The minimum atomic E-state index is -0.792. The monoisotopic (exact) mass is 267 g/mol. The molecule has 2 atom stereocenters. The molecular weight excluding hydrogens is 242 g/mol. The molecule has 0 bridgehead atoms. The molecule has 0 aliphatic carbocycles. The van der Waals surface area contributed by atoms with Crippen LogP contribution in [0.2, 0.25) is 0 Å². The summed E-state index contributed by atoms with van der Waals surface area (Å²) in [5.41, 5.74) is 9.72. The number of hydrogen-bond donors (Lipinski definition) is 1. The second-order valence-electron chi connectivity index (χ2n) is 4.98. The van der Waals surface area contributed by atoms with Gasteiger partial charge in [0.1, 0.15) is 0 Å². The summed E-state index contributed by atoms with van der Waals surface area (Å²) in [5.74, 6) is 1.36. The van der Waals surface area contributed by atoms with Crippen LogP contribution in [-0.2, 0) is 10.8 Å². The number of nitrogens with two attached hydrogens (primary N) is 1. The van der Waals surface area contributed by atoms with E-state index in [4.69, 9.17) is 5.73 Å². The Balaban J connectivity index is 2.56. The lowest BCUT2D eigenvalue weighted by Crippen LogP contribution is -2.20. The predicted molar refractivity (Wildman–Crippen MR) is 80.2 cm³/mol. The summed E-state index contributed by atoms with van der Waals surface area (Å²) in [6.45, 7) is 6.28. The number of rotatable bonds is 7. The van der Waals surface area contributed by atoms with E-state index >= 15 is 0 Å². The summed E-state index contributed by atoms with van der Waals surface area (Å²) in [6.07, 6.45) is 3.37. The van der Waals surface area contributed by atoms with Gasteiger partial charge in [0.25, 0.3) is 0 Å². The first-order valence-corrected chi connectivity index (χ1v) is 8.21. The fourth-order valence-corrected chi connectivity index (χ4v) is 3.32. The van der Waals surface area contributed by atoms with Gasteiger partial charge >= 0.3 is 0 Å². The summed E-state index contributed by atoms with van der Waals surface area (Å²) in [5, 5.41) is 0. The quantitative estimate of drug-likeness (QED) is 0.771. The average Bonchev–Trinajstić information content (AvgIpc) is 2.32. The van der Waals surface area contributed by atoms with Crippen LogP contribution in [0, 0.1) is 13.8 Å². The summed E-state index contributed by atoms with van der Waals surface area (Å²) in [4.78, 5) is 0. The fraction of sp³-hybridized carbons (Fsp3) is 0.600. The third-order valence-corrected chi connectivity index (χ3v) is 4.65. The van der Waals surface area contributed by atoms with Crippen molar-refractivity contribution in [2.45, 2.75) is 46.1 Å². The number of benzene rings is 1. The molecule has 1 aromatic rings. The van der Waals surface area contributed by atoms with Gasteiger partial charge in [-0.25, -0.2) is 0 Å². The molecule has 18 heavy (non-hydrogen) atoms. The lowest BCUT2D eigenvalue weighted by Gasteiger charge is -2.15. The van der Waals surface area contributed by atoms with Crippen LogP contribution >= 0.6 is 0 Å². The third kappa shape index (κ3) is 4.91. The molecule has 0 aliphatic rings. The van der Waals surface area contributed by atoms with Crippen molar-refractivity contribution >= 4 is 10.8 Å². The second-order valence-corrected chi connectivity index (χ2v) is 6.61. The van der Waals surface area contributed by atoms with Gasteiger partial charge in [-0.3, -0.25) is 4.21 Å². The van der Waals surface area contributed by atoms with E-state index in [1.54, 1.807) is 0 Å². The molecule has 0 spiro atoms. The van der Waals surface area contributed by atoms with Crippen molar-refractivity contribution in [1.29, 1.82) is 0 Å². The Morgan fingerprint density at radius 3 is 2.67 bits per heavy atom. The van der Waals surface area contributed by atoms with E-state index in [1.807, 2.05) is 0 Å². The Hall–Kier alpha value is -0.670. The molecule has 2 unspecified atom stereocenters. The van der Waals surface area contributed by atoms with E-state index in [2.05, 4.69) is 39.0 Å². The van der Waals surface area contributed by atoms with Crippen LogP contribution in [0.15, 0.2) is 18.2 Å². The van der Waals surface area contributed by atoms with Crippen LogP contribution < -0.4 is 5.73 Å². The largest absolute Gasteiger partial charge is 0.323 e. The topological polar surface area (TPSA) is 43.1 Å². The molecule has 102 valence electrons. The zero-order valence-corrected chi connectivity index (χ0v) is 12.6. The van der Waals surface area contributed by atoms with Gasteiger partial charge in [-0.15, -0.1) is 0 Å². The molecule has 1 rings (SSSR count). The molecule has 3 heteroatoms. The van der Waals surface area contributed by atoms with Crippen LogP contribution in [-0.4, -0.2) is 15.7 Å². The first-order valence-electron chi connectivity index (χ1n) is 6.72. The summed E-state index contributed by atoms with van der Waals surface area (Å²) in [6, 6.07) is 6.18. The van der Waals surface area contributed by atoms with Crippen LogP contribution in [0.4, 0.5) is 0 Å². The van der Waals surface area contributed by atoms with Crippen molar-refractivity contribution in [3.05, 3.63) is 34.9 Å². The van der Waals surface area contributed by atoms with Crippen LogP contribution in [0.25, 0.3) is 0 Å². The van der Waals surface area contributed by atoms with Gasteiger partial charge in [-0.1, -0.05) is 43.5 Å². The Morgan fingerprint density at radius 1 is 1.28 bits per heavy atom. The van der Waals surface area contributed by atoms with Gasteiger partial charge in [-0.2, -0.15) is 0 Å². The summed E-state index contributed by atoms with van der Waals surface area (Å²) in [7, 11) is -0.792. The third-order valence-electron chi connectivity index (χ3n) is 3.18. The molecule has 0 heterocycles. The minimum Gasteiger partial charge on any atom is -0.323 e. The maximum atomic E-state index is 11.9.